The minimum Gasteiger partial charge on any atom is -0.488 e. The molecule has 1 aromatic carbocycles. The van der Waals surface area contributed by atoms with Crippen molar-refractivity contribution in [1.82, 2.24) is 0 Å². The van der Waals surface area contributed by atoms with Crippen LogP contribution in [0.2, 0.25) is 0 Å². The zero-order valence-corrected chi connectivity index (χ0v) is 11.2. The summed E-state index contributed by atoms with van der Waals surface area (Å²) >= 11 is 0. The Balaban J connectivity index is 2.82. The zero-order chi connectivity index (χ0) is 12.8. The zero-order valence-electron chi connectivity index (χ0n) is 11.2. The topological polar surface area (TPSA) is 44.5 Å². The molecule has 96 valence electrons. The number of ether oxygens (including phenoxy) is 2. The summed E-state index contributed by atoms with van der Waals surface area (Å²) in [6.07, 6.45) is 0.881. The lowest BCUT2D eigenvalue weighted by atomic mass is 10.0. The molecule has 0 amide bonds. The Morgan fingerprint density at radius 1 is 1.29 bits per heavy atom. The second-order valence-corrected chi connectivity index (χ2v) is 4.68. The molecule has 0 radical (unpaired) electrons. The van der Waals surface area contributed by atoms with Gasteiger partial charge in [0.15, 0.2) is 0 Å². The van der Waals surface area contributed by atoms with Crippen molar-refractivity contribution < 1.29 is 9.47 Å². The molecule has 2 unspecified atom stereocenters. The quantitative estimate of drug-likeness (QED) is 0.825. The summed E-state index contributed by atoms with van der Waals surface area (Å²) in [5, 5.41) is 0. The van der Waals surface area contributed by atoms with Gasteiger partial charge in [-0.05, 0) is 38.8 Å². The van der Waals surface area contributed by atoms with Crippen LogP contribution in [0, 0.1) is 6.92 Å². The highest BCUT2D eigenvalue weighted by Crippen LogP contribution is 2.22. The summed E-state index contributed by atoms with van der Waals surface area (Å²) in [4.78, 5) is 0. The van der Waals surface area contributed by atoms with Crippen LogP contribution >= 0.6 is 0 Å². The molecule has 0 aliphatic rings. The van der Waals surface area contributed by atoms with Crippen molar-refractivity contribution in [2.45, 2.75) is 39.3 Å². The maximum Gasteiger partial charge on any atom is 0.123 e. The highest BCUT2D eigenvalue weighted by Gasteiger charge is 2.10. The maximum absolute atomic E-state index is 5.86. The lowest BCUT2D eigenvalue weighted by Crippen LogP contribution is -2.21. The summed E-state index contributed by atoms with van der Waals surface area (Å²) in [5.74, 6) is 0.914. The molecular formula is C14H23NO2. The van der Waals surface area contributed by atoms with E-state index >= 15 is 0 Å². The van der Waals surface area contributed by atoms with E-state index in [1.54, 1.807) is 7.11 Å². The van der Waals surface area contributed by atoms with E-state index in [4.69, 9.17) is 15.2 Å². The predicted octanol–water partition coefficient (Wildman–Crippen LogP) is 2.30. The van der Waals surface area contributed by atoms with Crippen LogP contribution in [0.25, 0.3) is 0 Å². The van der Waals surface area contributed by atoms with Crippen LogP contribution in [0.5, 0.6) is 5.75 Å². The van der Waals surface area contributed by atoms with Crippen molar-refractivity contribution in [3.8, 4) is 5.75 Å². The Labute approximate surface area is 104 Å². The Kier molecular flexibility index (Phi) is 5.45. The molecule has 0 fully saturated rings. The lowest BCUT2D eigenvalue weighted by molar-refractivity contribution is 0.0913. The molecule has 1 rings (SSSR count). The largest absolute Gasteiger partial charge is 0.488 e. The van der Waals surface area contributed by atoms with Crippen molar-refractivity contribution in [2.24, 2.45) is 5.73 Å². The monoisotopic (exact) mass is 237 g/mol. The molecule has 0 spiro atoms. The van der Waals surface area contributed by atoms with E-state index in [0.29, 0.717) is 6.61 Å². The fourth-order valence-corrected chi connectivity index (χ4v) is 1.82. The molecule has 2 N–H and O–H groups in total. The van der Waals surface area contributed by atoms with Crippen molar-refractivity contribution >= 4 is 0 Å². The molecule has 17 heavy (non-hydrogen) atoms. The lowest BCUT2D eigenvalue weighted by Gasteiger charge is -2.18. The molecule has 0 saturated carbocycles. The van der Waals surface area contributed by atoms with Crippen molar-refractivity contribution in [2.75, 3.05) is 13.7 Å². The smallest absolute Gasteiger partial charge is 0.123 e. The Morgan fingerprint density at radius 2 is 2.00 bits per heavy atom. The number of hydrogen-bond donors (Lipinski definition) is 1. The van der Waals surface area contributed by atoms with Crippen LogP contribution < -0.4 is 10.5 Å². The second kappa shape index (κ2) is 6.62. The van der Waals surface area contributed by atoms with Gasteiger partial charge in [0.05, 0.1) is 6.61 Å². The van der Waals surface area contributed by atoms with Gasteiger partial charge in [0, 0.05) is 13.2 Å². The van der Waals surface area contributed by atoms with E-state index in [9.17, 15) is 0 Å². The number of aryl methyl sites for hydroxylation is 1. The second-order valence-electron chi connectivity index (χ2n) is 4.68. The van der Waals surface area contributed by atoms with E-state index in [1.165, 1.54) is 11.1 Å². The average Bonchev–Trinajstić information content (AvgIpc) is 2.21. The number of methoxy groups -OCH3 is 1. The Morgan fingerprint density at radius 3 is 2.59 bits per heavy atom. The predicted molar refractivity (Wildman–Crippen MR) is 70.5 cm³/mol. The van der Waals surface area contributed by atoms with Gasteiger partial charge in [-0.15, -0.1) is 0 Å². The summed E-state index contributed by atoms with van der Waals surface area (Å²) < 4.78 is 10.9. The van der Waals surface area contributed by atoms with Gasteiger partial charge < -0.3 is 15.2 Å². The molecule has 0 heterocycles. The van der Waals surface area contributed by atoms with Gasteiger partial charge >= 0.3 is 0 Å². The van der Waals surface area contributed by atoms with Crippen molar-refractivity contribution in [3.63, 3.8) is 0 Å². The van der Waals surface area contributed by atoms with Crippen LogP contribution in [-0.2, 0) is 11.2 Å². The standard InChI is InChI=1S/C14H23NO2/c1-10-5-6-14(17-12(3)9-16-4)13(7-10)8-11(2)15/h5-7,11-12H,8-9,15H2,1-4H3. The first-order valence-corrected chi connectivity index (χ1v) is 6.03. The van der Waals surface area contributed by atoms with E-state index in [0.717, 1.165) is 12.2 Å². The van der Waals surface area contributed by atoms with Gasteiger partial charge in [0.2, 0.25) is 0 Å². The minimum absolute atomic E-state index is 0.0505. The molecule has 0 aliphatic carbocycles. The third-order valence-electron chi connectivity index (χ3n) is 2.49. The Bertz CT molecular complexity index is 350. The number of benzene rings is 1. The first-order chi connectivity index (χ1) is 8.02. The maximum atomic E-state index is 5.86. The first-order valence-electron chi connectivity index (χ1n) is 6.03. The summed E-state index contributed by atoms with van der Waals surface area (Å²) in [7, 11) is 1.68. The summed E-state index contributed by atoms with van der Waals surface area (Å²) in [6, 6.07) is 6.34. The van der Waals surface area contributed by atoms with Crippen LogP contribution in [-0.4, -0.2) is 25.9 Å². The highest BCUT2D eigenvalue weighted by atomic mass is 16.5. The normalized spacial score (nSPS) is 14.4. The van der Waals surface area contributed by atoms with Crippen LogP contribution in [0.3, 0.4) is 0 Å². The van der Waals surface area contributed by atoms with Crippen LogP contribution in [0.1, 0.15) is 25.0 Å². The first kappa shape index (κ1) is 14.0. The average molecular weight is 237 g/mol. The molecule has 3 nitrogen and oxygen atoms in total. The summed E-state index contributed by atoms with van der Waals surface area (Å²) in [6.45, 7) is 6.67. The van der Waals surface area contributed by atoms with Crippen molar-refractivity contribution in [1.29, 1.82) is 0 Å². The van der Waals surface area contributed by atoms with E-state index in [-0.39, 0.29) is 12.1 Å². The fourth-order valence-electron chi connectivity index (χ4n) is 1.82. The minimum atomic E-state index is 0.0505. The van der Waals surface area contributed by atoms with Crippen LogP contribution in [0.15, 0.2) is 18.2 Å². The van der Waals surface area contributed by atoms with Gasteiger partial charge in [-0.25, -0.2) is 0 Å². The van der Waals surface area contributed by atoms with E-state index in [2.05, 4.69) is 19.1 Å². The molecule has 3 heteroatoms. The summed E-state index contributed by atoms with van der Waals surface area (Å²) in [5.41, 5.74) is 8.25. The SMILES string of the molecule is COCC(C)Oc1ccc(C)cc1CC(C)N. The molecular weight excluding hydrogens is 214 g/mol. The van der Waals surface area contributed by atoms with E-state index in [1.807, 2.05) is 19.9 Å². The number of rotatable bonds is 6. The molecule has 0 aliphatic heterocycles. The highest BCUT2D eigenvalue weighted by molar-refractivity contribution is 5.37. The van der Waals surface area contributed by atoms with Gasteiger partial charge in [-0.3, -0.25) is 0 Å². The van der Waals surface area contributed by atoms with Crippen molar-refractivity contribution in [3.05, 3.63) is 29.3 Å². The van der Waals surface area contributed by atoms with Gasteiger partial charge in [0.25, 0.3) is 0 Å². The molecule has 0 saturated heterocycles. The van der Waals surface area contributed by atoms with Gasteiger partial charge in [-0.2, -0.15) is 0 Å². The number of hydrogen-bond acceptors (Lipinski definition) is 3. The third kappa shape index (κ3) is 4.75. The van der Waals surface area contributed by atoms with Gasteiger partial charge in [0.1, 0.15) is 11.9 Å². The number of nitrogens with two attached hydrogens (primary N) is 1. The molecule has 2 atom stereocenters. The van der Waals surface area contributed by atoms with Crippen LogP contribution in [0.4, 0.5) is 0 Å². The molecule has 1 aromatic rings. The van der Waals surface area contributed by atoms with Gasteiger partial charge in [-0.1, -0.05) is 17.7 Å². The Hall–Kier alpha value is -1.06. The molecule has 0 bridgehead atoms. The third-order valence-corrected chi connectivity index (χ3v) is 2.49. The fraction of sp³-hybridized carbons (Fsp3) is 0.571. The van der Waals surface area contributed by atoms with E-state index < -0.39 is 0 Å². The molecule has 0 aromatic heterocycles.